The van der Waals surface area contributed by atoms with E-state index in [0.717, 1.165) is 70.7 Å². The van der Waals surface area contributed by atoms with E-state index in [9.17, 15) is 28.5 Å². The largest absolute Gasteiger partial charge is 0.415 e. The Bertz CT molecular complexity index is 3000. The monoisotopic (exact) mass is 965 g/mol. The van der Waals surface area contributed by atoms with E-state index in [2.05, 4.69) is 53.3 Å². The van der Waals surface area contributed by atoms with Crippen LogP contribution in [-0.2, 0) is 26.2 Å². The first kappa shape index (κ1) is 49.3. The first-order valence-electron chi connectivity index (χ1n) is 23.1. The third kappa shape index (κ3) is 11.2. The zero-order valence-electron chi connectivity index (χ0n) is 39.3. The Kier molecular flexibility index (Phi) is 14.8. The molecule has 2 aromatic heterocycles. The highest BCUT2D eigenvalue weighted by atomic mass is 19.1. The van der Waals surface area contributed by atoms with Crippen molar-refractivity contribution in [2.75, 3.05) is 50.9 Å². The zero-order valence-corrected chi connectivity index (χ0v) is 39.3. The van der Waals surface area contributed by atoms with E-state index in [1.54, 1.807) is 24.3 Å². The number of imidazole rings is 2. The van der Waals surface area contributed by atoms with Crippen molar-refractivity contribution in [1.82, 2.24) is 38.7 Å². The van der Waals surface area contributed by atoms with Gasteiger partial charge < -0.3 is 39.2 Å². The number of fused-ring (bicyclic) bond motifs is 2. The van der Waals surface area contributed by atoms with Gasteiger partial charge in [0, 0.05) is 79.9 Å². The summed E-state index contributed by atoms with van der Waals surface area (Å²) in [6.07, 6.45) is 0.426. The number of rotatable bonds is 9. The second-order valence-electron chi connectivity index (χ2n) is 17.8. The van der Waals surface area contributed by atoms with Gasteiger partial charge in [-0.15, -0.1) is 0 Å². The predicted molar refractivity (Wildman–Crippen MR) is 270 cm³/mol. The number of nitrogens with one attached hydrogen (secondary N) is 2. The van der Waals surface area contributed by atoms with E-state index in [0.29, 0.717) is 50.3 Å². The molecule has 3 aliphatic heterocycles. The summed E-state index contributed by atoms with van der Waals surface area (Å²) in [5.41, 5.74) is 7.07. The molecule has 1 atom stereocenters. The molecule has 5 aromatic carbocycles. The van der Waals surface area contributed by atoms with E-state index in [-0.39, 0.29) is 43.1 Å². The fourth-order valence-electron chi connectivity index (χ4n) is 8.74. The molecular formula is C53H57F2N11O5. The molecule has 2 N–H and O–H groups in total. The summed E-state index contributed by atoms with van der Waals surface area (Å²) >= 11 is 0. The highest BCUT2D eigenvalue weighted by Gasteiger charge is 2.34. The fourth-order valence-corrected chi connectivity index (χ4v) is 8.74. The molecule has 1 saturated heterocycles. The number of benzene rings is 5. The molecule has 3 amide bonds. The average molecular weight is 966 g/mol. The van der Waals surface area contributed by atoms with Crippen LogP contribution in [0.1, 0.15) is 36.6 Å². The number of likely N-dealkylation sites (tertiary alicyclic amines) is 1. The first-order valence-corrected chi connectivity index (χ1v) is 23.1. The summed E-state index contributed by atoms with van der Waals surface area (Å²) in [5, 5.41) is 17.8. The lowest BCUT2D eigenvalue weighted by molar-refractivity contribution is -0.384. The normalized spacial score (nSPS) is 15.0. The molecular weight excluding hydrogens is 909 g/mol. The number of carbonyl (C=O) groups excluding carboxylic acids is 2. The van der Waals surface area contributed by atoms with Crippen molar-refractivity contribution < 1.29 is 28.0 Å². The molecule has 0 spiro atoms. The molecule has 1 fully saturated rings. The highest BCUT2D eigenvalue weighted by Crippen LogP contribution is 2.36. The third-order valence-electron chi connectivity index (χ3n) is 12.8. The van der Waals surface area contributed by atoms with Gasteiger partial charge in [0.1, 0.15) is 52.1 Å². The maximum absolute atomic E-state index is 13.6. The number of carbonyl (C=O) groups is 2. The van der Waals surface area contributed by atoms with E-state index >= 15 is 0 Å². The molecule has 0 aliphatic carbocycles. The van der Waals surface area contributed by atoms with Gasteiger partial charge in [-0.3, -0.25) is 15.0 Å². The number of amides is 3. The summed E-state index contributed by atoms with van der Waals surface area (Å²) in [6, 6.07) is 34.5. The van der Waals surface area contributed by atoms with Gasteiger partial charge in [-0.2, -0.15) is 0 Å². The molecule has 7 aromatic rings. The summed E-state index contributed by atoms with van der Waals surface area (Å²) in [7, 11) is 4.13. The summed E-state index contributed by atoms with van der Waals surface area (Å²) in [4.78, 5) is 53.6. The minimum Gasteiger partial charge on any atom is -0.410 e. The van der Waals surface area contributed by atoms with Crippen LogP contribution in [0.3, 0.4) is 0 Å². The minimum absolute atomic E-state index is 0. The number of urea groups is 1. The second kappa shape index (κ2) is 21.3. The SMILES string of the molecule is C.Cc1ccc(Nc2c(-c3ccc(F)cc3)nc3n2CCN(C(=O)N2CCC(N(C)C)C2)C3)cc1.Cc1ccc(Nc2c(-c3ccc(F)cc3)nc3n2CCN(C(=O)Oc2ccc([N+](=O)[O-])cc2)C3)cc1. The number of nitro groups is 1. The van der Waals surface area contributed by atoms with Crippen LogP contribution in [-0.4, -0.2) is 102 Å². The number of nitro benzene ring substituents is 1. The van der Waals surface area contributed by atoms with E-state index in [1.807, 2.05) is 57.7 Å². The summed E-state index contributed by atoms with van der Waals surface area (Å²) in [5.74, 6) is 2.70. The average Bonchev–Trinajstić information content (AvgIpc) is 4.10. The van der Waals surface area contributed by atoms with Gasteiger partial charge >= 0.3 is 12.1 Å². The van der Waals surface area contributed by atoms with Crippen molar-refractivity contribution in [3.05, 3.63) is 166 Å². The fraction of sp³-hybridized carbons (Fsp3) is 0.283. The van der Waals surface area contributed by atoms with Gasteiger partial charge in [0.15, 0.2) is 0 Å². The second-order valence-corrected chi connectivity index (χ2v) is 17.8. The van der Waals surface area contributed by atoms with Gasteiger partial charge in [-0.05, 0) is 119 Å². The van der Waals surface area contributed by atoms with Crippen LogP contribution < -0.4 is 15.4 Å². The van der Waals surface area contributed by atoms with Crippen LogP contribution in [0.25, 0.3) is 22.5 Å². The highest BCUT2D eigenvalue weighted by molar-refractivity contribution is 5.79. The first-order chi connectivity index (χ1) is 33.8. The Labute approximate surface area is 411 Å². The van der Waals surface area contributed by atoms with Crippen molar-refractivity contribution in [2.45, 2.75) is 59.9 Å². The van der Waals surface area contributed by atoms with Crippen LogP contribution in [0, 0.1) is 35.6 Å². The predicted octanol–water partition coefficient (Wildman–Crippen LogP) is 10.6. The van der Waals surface area contributed by atoms with Crippen molar-refractivity contribution in [1.29, 1.82) is 0 Å². The van der Waals surface area contributed by atoms with Gasteiger partial charge in [0.2, 0.25) is 0 Å². The number of hydrogen-bond acceptors (Lipinski definition) is 10. The molecule has 18 heteroatoms. The number of anilines is 4. The molecule has 368 valence electrons. The lowest BCUT2D eigenvalue weighted by atomic mass is 10.1. The topological polar surface area (TPSA) is 159 Å². The van der Waals surface area contributed by atoms with Crippen molar-refractivity contribution >= 4 is 40.8 Å². The summed E-state index contributed by atoms with van der Waals surface area (Å²) in [6.45, 7) is 8.38. The number of halogens is 2. The molecule has 3 aliphatic rings. The Hall–Kier alpha value is -8.12. The van der Waals surface area contributed by atoms with Crippen LogP contribution >= 0.6 is 0 Å². The maximum atomic E-state index is 13.6. The number of non-ortho nitro benzene ring substituents is 1. The Morgan fingerprint density at radius 3 is 1.56 bits per heavy atom. The van der Waals surface area contributed by atoms with Crippen molar-refractivity contribution in [3.8, 4) is 28.3 Å². The number of aryl methyl sites for hydroxylation is 2. The van der Waals surface area contributed by atoms with E-state index < -0.39 is 11.0 Å². The molecule has 0 saturated carbocycles. The Morgan fingerprint density at radius 2 is 1.11 bits per heavy atom. The van der Waals surface area contributed by atoms with E-state index in [1.165, 1.54) is 59.0 Å². The van der Waals surface area contributed by atoms with E-state index in [4.69, 9.17) is 14.7 Å². The number of hydrogen-bond donors (Lipinski definition) is 2. The van der Waals surface area contributed by atoms with Crippen LogP contribution in [0.2, 0.25) is 0 Å². The Balaban J connectivity index is 0.000000188. The number of aromatic nitrogens is 4. The Morgan fingerprint density at radius 1 is 0.648 bits per heavy atom. The minimum atomic E-state index is -0.575. The quantitative estimate of drug-likeness (QED) is 0.105. The zero-order chi connectivity index (χ0) is 49.1. The molecule has 71 heavy (non-hydrogen) atoms. The smallest absolute Gasteiger partial charge is 0.410 e. The van der Waals surface area contributed by atoms with Gasteiger partial charge in [-0.25, -0.2) is 28.3 Å². The number of likely N-dealkylation sites (N-methyl/N-ethyl adjacent to an activating group) is 1. The molecule has 0 radical (unpaired) electrons. The van der Waals surface area contributed by atoms with Crippen molar-refractivity contribution in [3.63, 3.8) is 0 Å². The molecule has 1 unspecified atom stereocenters. The van der Waals surface area contributed by atoms with Gasteiger partial charge in [0.05, 0.1) is 18.0 Å². The molecule has 0 bridgehead atoms. The maximum Gasteiger partial charge on any atom is 0.415 e. The lowest BCUT2D eigenvalue weighted by Gasteiger charge is -2.32. The third-order valence-corrected chi connectivity index (χ3v) is 12.8. The van der Waals surface area contributed by atoms with Crippen LogP contribution in [0.15, 0.2) is 121 Å². The molecule has 10 rings (SSSR count). The summed E-state index contributed by atoms with van der Waals surface area (Å²) < 4.78 is 36.7. The molecule has 16 nitrogen and oxygen atoms in total. The van der Waals surface area contributed by atoms with Crippen LogP contribution in [0.5, 0.6) is 5.75 Å². The van der Waals surface area contributed by atoms with Crippen LogP contribution in [0.4, 0.5) is 47.1 Å². The molecule has 5 heterocycles. The van der Waals surface area contributed by atoms with Gasteiger partial charge in [0.25, 0.3) is 5.69 Å². The van der Waals surface area contributed by atoms with Crippen molar-refractivity contribution in [2.24, 2.45) is 0 Å². The number of nitrogens with zero attached hydrogens (tertiary/aromatic N) is 9. The standard InChI is InChI=1S/C26H31FN6O.C26H22FN5O4.CH4/c1-18-4-10-21(11-5-18)28-25-24(19-6-8-20(27)9-7-19)29-23-17-32(14-15-33(23)25)26(34)31-13-12-22(16-31)30(2)3;1-17-2-8-20(9-3-17)28-25-24(18-4-6-19(27)7-5-18)29-23-16-30(14-15-31(23)25)26(33)36-22-12-10-21(11-13-22)32(34)35;/h4-11,22,28H,12-17H2,1-3H3;2-13,28H,14-16H2,1H3;1H4. The van der Waals surface area contributed by atoms with Gasteiger partial charge in [-0.1, -0.05) is 42.8 Å². The number of ether oxygens (including phenoxy) is 1. The lowest BCUT2D eigenvalue weighted by Crippen LogP contribution is -2.46.